The molecule has 2 aromatic rings. The molecule has 0 bridgehead atoms. The van der Waals surface area contributed by atoms with E-state index in [9.17, 15) is 5.26 Å². The van der Waals surface area contributed by atoms with Gasteiger partial charge >= 0.3 is 0 Å². The highest BCUT2D eigenvalue weighted by molar-refractivity contribution is 5.41. The van der Waals surface area contributed by atoms with Crippen LogP contribution >= 0.6 is 0 Å². The van der Waals surface area contributed by atoms with Crippen molar-refractivity contribution in [1.82, 2.24) is 4.90 Å². The minimum absolute atomic E-state index is 0.0635. The van der Waals surface area contributed by atoms with Crippen molar-refractivity contribution in [3.63, 3.8) is 0 Å². The van der Waals surface area contributed by atoms with Gasteiger partial charge < -0.3 is 9.47 Å². The van der Waals surface area contributed by atoms with Crippen LogP contribution in [0.1, 0.15) is 36.5 Å². The first-order valence-electron chi connectivity index (χ1n) is 10.3. The van der Waals surface area contributed by atoms with Crippen molar-refractivity contribution in [3.05, 3.63) is 71.8 Å². The number of benzene rings is 2. The fraction of sp³-hybridized carbons (Fsp3) is 0.458. The normalized spacial score (nSPS) is 35.4. The number of nitrogens with zero attached hydrogens (tertiary/aromatic N) is 2. The van der Waals surface area contributed by atoms with Gasteiger partial charge in [-0.15, -0.1) is 0 Å². The second-order valence-electron chi connectivity index (χ2n) is 8.13. The molecule has 3 fully saturated rings. The third-order valence-corrected chi connectivity index (χ3v) is 7.01. The minimum atomic E-state index is -0.965. The van der Waals surface area contributed by atoms with E-state index in [1.165, 1.54) is 5.56 Å². The van der Waals surface area contributed by atoms with E-state index in [2.05, 4.69) is 47.4 Å². The summed E-state index contributed by atoms with van der Waals surface area (Å²) in [5.74, 6) is 0.299. The summed E-state index contributed by atoms with van der Waals surface area (Å²) in [7, 11) is 0. The lowest BCUT2D eigenvalue weighted by atomic mass is 9.69. The van der Waals surface area contributed by atoms with E-state index in [4.69, 9.17) is 9.47 Å². The van der Waals surface area contributed by atoms with Gasteiger partial charge in [0.2, 0.25) is 0 Å². The Balaban J connectivity index is 1.70. The van der Waals surface area contributed by atoms with Crippen molar-refractivity contribution < 1.29 is 9.47 Å². The monoisotopic (exact) mass is 374 g/mol. The van der Waals surface area contributed by atoms with Crippen LogP contribution in [-0.4, -0.2) is 36.7 Å². The van der Waals surface area contributed by atoms with Gasteiger partial charge in [0.1, 0.15) is 6.07 Å². The van der Waals surface area contributed by atoms with Crippen molar-refractivity contribution in [2.45, 2.75) is 36.5 Å². The predicted molar refractivity (Wildman–Crippen MR) is 106 cm³/mol. The molecule has 0 amide bonds. The SMILES string of the molecule is N#C[C@]1(c2ccccc2)O[C@H](c2ccccc2)[C@H]2CCC[C@]21N1CCOCC1. The highest BCUT2D eigenvalue weighted by Crippen LogP contribution is 2.64. The average Bonchev–Trinajstić information content (AvgIpc) is 3.33. The van der Waals surface area contributed by atoms with Gasteiger partial charge in [-0.1, -0.05) is 67.1 Å². The van der Waals surface area contributed by atoms with Crippen LogP contribution in [0.3, 0.4) is 0 Å². The summed E-state index contributed by atoms with van der Waals surface area (Å²) in [4.78, 5) is 2.52. The van der Waals surface area contributed by atoms with E-state index >= 15 is 0 Å². The van der Waals surface area contributed by atoms with Crippen LogP contribution in [0.2, 0.25) is 0 Å². The topological polar surface area (TPSA) is 45.5 Å². The molecule has 1 saturated carbocycles. The molecule has 2 aromatic carbocycles. The van der Waals surface area contributed by atoms with Gasteiger partial charge in [-0.3, -0.25) is 4.90 Å². The fourth-order valence-corrected chi connectivity index (χ4v) is 5.93. The molecule has 5 rings (SSSR count). The number of morpholine rings is 1. The van der Waals surface area contributed by atoms with E-state index < -0.39 is 5.60 Å². The summed E-state index contributed by atoms with van der Waals surface area (Å²) in [6.45, 7) is 3.16. The summed E-state index contributed by atoms with van der Waals surface area (Å²) in [5, 5.41) is 10.6. The quantitative estimate of drug-likeness (QED) is 0.813. The van der Waals surface area contributed by atoms with E-state index in [1.54, 1.807) is 0 Å². The highest BCUT2D eigenvalue weighted by atomic mass is 16.5. The molecule has 0 aromatic heterocycles. The van der Waals surface area contributed by atoms with Crippen LogP contribution < -0.4 is 0 Å². The molecule has 0 radical (unpaired) electrons. The molecular weight excluding hydrogens is 348 g/mol. The van der Waals surface area contributed by atoms with E-state index in [1.807, 2.05) is 24.3 Å². The van der Waals surface area contributed by atoms with Crippen molar-refractivity contribution in [1.29, 1.82) is 5.26 Å². The lowest BCUT2D eigenvalue weighted by molar-refractivity contribution is -0.101. The zero-order valence-corrected chi connectivity index (χ0v) is 16.1. The largest absolute Gasteiger partial charge is 0.379 e. The second kappa shape index (κ2) is 7.00. The maximum Gasteiger partial charge on any atom is 0.198 e. The predicted octanol–water partition coefficient (Wildman–Crippen LogP) is 4.05. The zero-order chi connectivity index (χ0) is 19.0. The number of nitriles is 1. The highest BCUT2D eigenvalue weighted by Gasteiger charge is 2.70. The summed E-state index contributed by atoms with van der Waals surface area (Å²) in [5.41, 5.74) is 0.884. The number of fused-ring (bicyclic) bond motifs is 1. The zero-order valence-electron chi connectivity index (χ0n) is 16.1. The second-order valence-corrected chi connectivity index (χ2v) is 8.13. The van der Waals surface area contributed by atoms with Gasteiger partial charge in [0.05, 0.1) is 24.9 Å². The number of hydrogen-bond donors (Lipinski definition) is 0. The Morgan fingerprint density at radius 2 is 1.64 bits per heavy atom. The lowest BCUT2D eigenvalue weighted by Gasteiger charge is -2.49. The van der Waals surface area contributed by atoms with Gasteiger partial charge in [0.15, 0.2) is 5.60 Å². The third kappa shape index (κ3) is 2.40. The van der Waals surface area contributed by atoms with Crippen LogP contribution in [0.5, 0.6) is 0 Å². The summed E-state index contributed by atoms with van der Waals surface area (Å²) < 4.78 is 12.5. The van der Waals surface area contributed by atoms with Gasteiger partial charge in [0, 0.05) is 24.6 Å². The molecule has 144 valence electrons. The number of hydrogen-bond acceptors (Lipinski definition) is 4. The summed E-state index contributed by atoms with van der Waals surface area (Å²) in [6.07, 6.45) is 3.15. The molecule has 2 heterocycles. The average molecular weight is 374 g/mol. The Hall–Kier alpha value is -2.19. The standard InChI is InChI=1S/C24H26N2O2/c25-18-24(20-10-5-2-6-11-20)23(26-14-16-27-17-15-26)13-7-12-21(23)22(28-24)19-8-3-1-4-9-19/h1-6,8-11,21-22H,7,12-17H2/t21-,22-,23+,24-/m1/s1. The van der Waals surface area contributed by atoms with E-state index in [-0.39, 0.29) is 11.6 Å². The van der Waals surface area contributed by atoms with Crippen molar-refractivity contribution in [2.75, 3.05) is 26.3 Å². The molecular formula is C24H26N2O2. The van der Waals surface area contributed by atoms with Crippen molar-refractivity contribution in [2.24, 2.45) is 5.92 Å². The molecule has 4 atom stereocenters. The Labute approximate surface area is 166 Å². The number of ether oxygens (including phenoxy) is 2. The Morgan fingerprint density at radius 3 is 2.32 bits per heavy atom. The molecule has 4 heteroatoms. The first kappa shape index (κ1) is 17.9. The van der Waals surface area contributed by atoms with E-state index in [0.29, 0.717) is 5.92 Å². The van der Waals surface area contributed by atoms with Crippen molar-refractivity contribution >= 4 is 0 Å². The first-order chi connectivity index (χ1) is 13.8. The molecule has 4 nitrogen and oxygen atoms in total. The smallest absolute Gasteiger partial charge is 0.198 e. The van der Waals surface area contributed by atoms with Gasteiger partial charge in [-0.05, 0) is 18.4 Å². The van der Waals surface area contributed by atoms with Crippen LogP contribution in [0.25, 0.3) is 0 Å². The van der Waals surface area contributed by atoms with E-state index in [0.717, 1.165) is 51.1 Å². The van der Waals surface area contributed by atoms with Gasteiger partial charge in [0.25, 0.3) is 0 Å². The maximum absolute atomic E-state index is 10.6. The molecule has 0 spiro atoms. The fourth-order valence-electron chi connectivity index (χ4n) is 5.93. The molecule has 3 aliphatic rings. The first-order valence-corrected chi connectivity index (χ1v) is 10.3. The van der Waals surface area contributed by atoms with Gasteiger partial charge in [-0.2, -0.15) is 5.26 Å². The van der Waals surface area contributed by atoms with Crippen LogP contribution in [-0.2, 0) is 15.1 Å². The summed E-state index contributed by atoms with van der Waals surface area (Å²) >= 11 is 0. The van der Waals surface area contributed by atoms with Gasteiger partial charge in [-0.25, -0.2) is 0 Å². The van der Waals surface area contributed by atoms with Crippen LogP contribution in [0.15, 0.2) is 60.7 Å². The molecule has 2 saturated heterocycles. The number of rotatable bonds is 3. The van der Waals surface area contributed by atoms with Crippen LogP contribution in [0, 0.1) is 17.2 Å². The minimum Gasteiger partial charge on any atom is -0.379 e. The molecule has 1 aliphatic carbocycles. The Kier molecular flexibility index (Phi) is 4.47. The molecule has 2 aliphatic heterocycles. The maximum atomic E-state index is 10.6. The Morgan fingerprint density at radius 1 is 0.964 bits per heavy atom. The molecule has 28 heavy (non-hydrogen) atoms. The van der Waals surface area contributed by atoms with Crippen LogP contribution in [0.4, 0.5) is 0 Å². The van der Waals surface area contributed by atoms with Crippen molar-refractivity contribution in [3.8, 4) is 6.07 Å². The molecule has 0 N–H and O–H groups in total. The summed E-state index contributed by atoms with van der Waals surface area (Å²) in [6, 6.07) is 23.3. The lowest BCUT2D eigenvalue weighted by Crippen LogP contribution is -2.63. The Bertz CT molecular complexity index is 859. The molecule has 0 unspecified atom stereocenters. The third-order valence-electron chi connectivity index (χ3n) is 7.01.